The van der Waals surface area contributed by atoms with Crippen LogP contribution in [0.1, 0.15) is 0 Å². The lowest BCUT2D eigenvalue weighted by atomic mass is 9.92. The molecular formula is C58H39N3. The molecule has 0 saturated heterocycles. The summed E-state index contributed by atoms with van der Waals surface area (Å²) in [5, 5.41) is 7.74. The Hall–Kier alpha value is -8.14. The van der Waals surface area contributed by atoms with Crippen LogP contribution in [0.2, 0.25) is 0 Å². The van der Waals surface area contributed by atoms with E-state index in [0.717, 1.165) is 94.7 Å². The number of rotatable bonds is 8. The molecule has 0 aliphatic rings. The standard InChI is InChI=1S/C58H39N3/c1-7-19-40(20-8-1)48-33-49(41-21-9-2-10-22-41)35-51(34-48)54-38-50(37-53(59-54)42-23-11-3-12-24-42)46-31-32-47-39-55(43-25-13-4-14-26-43)61-58(52(47)36-46)56(44-27-15-5-16-28-44)57(60-61)45-29-17-6-18-30-45/h1-39H. The van der Waals surface area contributed by atoms with Gasteiger partial charge in [0.15, 0.2) is 0 Å². The van der Waals surface area contributed by atoms with Crippen molar-refractivity contribution in [3.63, 3.8) is 0 Å². The third-order valence-corrected chi connectivity index (χ3v) is 11.6. The molecule has 0 unspecified atom stereocenters. The molecule has 0 radical (unpaired) electrons. The molecule has 0 aliphatic carbocycles. The molecule has 0 amide bonds. The molecule has 3 heterocycles. The predicted molar refractivity (Wildman–Crippen MR) is 254 cm³/mol. The summed E-state index contributed by atoms with van der Waals surface area (Å²) in [4.78, 5) is 5.40. The molecule has 0 fully saturated rings. The lowest BCUT2D eigenvalue weighted by Gasteiger charge is -2.15. The van der Waals surface area contributed by atoms with Crippen molar-refractivity contribution in [2.75, 3.05) is 0 Å². The van der Waals surface area contributed by atoms with E-state index in [1.54, 1.807) is 0 Å². The van der Waals surface area contributed by atoms with Gasteiger partial charge in [0.05, 0.1) is 22.6 Å². The first-order chi connectivity index (χ1) is 30.2. The van der Waals surface area contributed by atoms with Gasteiger partial charge in [0, 0.05) is 33.2 Å². The van der Waals surface area contributed by atoms with Gasteiger partial charge in [-0.2, -0.15) is 5.10 Å². The first kappa shape index (κ1) is 36.0. The van der Waals surface area contributed by atoms with E-state index in [1.165, 1.54) is 11.1 Å². The van der Waals surface area contributed by atoms with Gasteiger partial charge < -0.3 is 0 Å². The van der Waals surface area contributed by atoms with E-state index >= 15 is 0 Å². The number of hydrogen-bond donors (Lipinski definition) is 0. The van der Waals surface area contributed by atoms with Crippen molar-refractivity contribution in [3.05, 3.63) is 237 Å². The highest BCUT2D eigenvalue weighted by Gasteiger charge is 2.22. The number of fused-ring (bicyclic) bond motifs is 3. The van der Waals surface area contributed by atoms with E-state index in [1.807, 2.05) is 0 Å². The molecule has 8 aromatic carbocycles. The molecule has 0 aliphatic heterocycles. The summed E-state index contributed by atoms with van der Waals surface area (Å²) in [5.74, 6) is 0. The first-order valence-corrected chi connectivity index (χ1v) is 20.7. The third kappa shape index (κ3) is 6.88. The number of aromatic nitrogens is 3. The Labute approximate surface area is 355 Å². The molecule has 0 spiro atoms. The molecule has 3 nitrogen and oxygen atoms in total. The second-order valence-corrected chi connectivity index (χ2v) is 15.4. The average molecular weight is 778 g/mol. The van der Waals surface area contributed by atoms with Gasteiger partial charge in [0.2, 0.25) is 0 Å². The van der Waals surface area contributed by atoms with Crippen LogP contribution in [0.5, 0.6) is 0 Å². The quantitative estimate of drug-likeness (QED) is 0.154. The van der Waals surface area contributed by atoms with Crippen LogP contribution in [0.3, 0.4) is 0 Å². The van der Waals surface area contributed by atoms with Crippen molar-refractivity contribution in [2.24, 2.45) is 0 Å². The van der Waals surface area contributed by atoms with Gasteiger partial charge in [-0.15, -0.1) is 0 Å². The van der Waals surface area contributed by atoms with E-state index in [2.05, 4.69) is 241 Å². The Bertz CT molecular complexity index is 3250. The Morgan fingerprint density at radius 1 is 0.295 bits per heavy atom. The highest BCUT2D eigenvalue weighted by molar-refractivity contribution is 6.09. The van der Waals surface area contributed by atoms with Crippen molar-refractivity contribution >= 4 is 16.3 Å². The largest absolute Gasteiger partial charge is 0.248 e. The Morgan fingerprint density at radius 3 is 1.30 bits per heavy atom. The van der Waals surface area contributed by atoms with Crippen LogP contribution in [0.4, 0.5) is 0 Å². The van der Waals surface area contributed by atoms with Gasteiger partial charge in [0.25, 0.3) is 0 Å². The summed E-state index contributed by atoms with van der Waals surface area (Å²) >= 11 is 0. The second kappa shape index (κ2) is 15.6. The van der Waals surface area contributed by atoms with E-state index in [-0.39, 0.29) is 0 Å². The fourth-order valence-corrected chi connectivity index (χ4v) is 8.58. The van der Waals surface area contributed by atoms with Crippen molar-refractivity contribution < 1.29 is 0 Å². The van der Waals surface area contributed by atoms with Gasteiger partial charge in [-0.3, -0.25) is 0 Å². The summed E-state index contributed by atoms with van der Waals surface area (Å²) < 4.78 is 2.17. The maximum atomic E-state index is 5.47. The summed E-state index contributed by atoms with van der Waals surface area (Å²) in [6.07, 6.45) is 0. The molecule has 0 N–H and O–H groups in total. The number of pyridine rings is 2. The van der Waals surface area contributed by atoms with Gasteiger partial charge >= 0.3 is 0 Å². The monoisotopic (exact) mass is 777 g/mol. The highest BCUT2D eigenvalue weighted by atomic mass is 15.2. The number of benzene rings is 8. The molecule has 286 valence electrons. The van der Waals surface area contributed by atoms with Crippen molar-refractivity contribution in [2.45, 2.75) is 0 Å². The maximum Gasteiger partial charge on any atom is 0.101 e. The van der Waals surface area contributed by atoms with Crippen LogP contribution in [-0.4, -0.2) is 14.6 Å². The van der Waals surface area contributed by atoms with Crippen molar-refractivity contribution in [1.82, 2.24) is 14.6 Å². The lowest BCUT2D eigenvalue weighted by Crippen LogP contribution is -1.96. The van der Waals surface area contributed by atoms with Gasteiger partial charge in [-0.25, -0.2) is 9.50 Å². The number of nitrogens with zero attached hydrogens (tertiary/aromatic N) is 3. The zero-order valence-electron chi connectivity index (χ0n) is 33.4. The minimum absolute atomic E-state index is 0.914. The Morgan fingerprint density at radius 2 is 0.738 bits per heavy atom. The second-order valence-electron chi connectivity index (χ2n) is 15.4. The van der Waals surface area contributed by atoms with E-state index in [4.69, 9.17) is 10.1 Å². The van der Waals surface area contributed by atoms with Crippen molar-refractivity contribution in [3.8, 4) is 89.5 Å². The SMILES string of the molecule is c1ccc(-c2cc(-c3ccccc3)cc(-c3cc(-c4ccc5cc(-c6ccccc6)n6nc(-c7ccccc7)c(-c7ccccc7)c6c5c4)cc(-c4ccccc4)n3)c2)cc1. The Kier molecular flexibility index (Phi) is 9.18. The van der Waals surface area contributed by atoms with Crippen LogP contribution in [0.25, 0.3) is 106 Å². The summed E-state index contributed by atoms with van der Waals surface area (Å²) in [5.41, 5.74) is 18.3. The molecule has 11 rings (SSSR count). The highest BCUT2D eigenvalue weighted by Crippen LogP contribution is 2.43. The van der Waals surface area contributed by atoms with E-state index in [0.29, 0.717) is 0 Å². The fourth-order valence-electron chi connectivity index (χ4n) is 8.58. The average Bonchev–Trinajstić information content (AvgIpc) is 3.76. The molecule has 3 aromatic heterocycles. The van der Waals surface area contributed by atoms with Gasteiger partial charge in [-0.05, 0) is 86.8 Å². The van der Waals surface area contributed by atoms with Crippen LogP contribution in [0.15, 0.2) is 237 Å². The Balaban J connectivity index is 1.18. The summed E-state index contributed by atoms with van der Waals surface area (Å²) in [6, 6.07) is 84.1. The summed E-state index contributed by atoms with van der Waals surface area (Å²) in [7, 11) is 0. The molecule has 0 atom stereocenters. The normalized spacial score (nSPS) is 11.3. The molecule has 0 bridgehead atoms. The van der Waals surface area contributed by atoms with E-state index < -0.39 is 0 Å². The van der Waals surface area contributed by atoms with Gasteiger partial charge in [0.1, 0.15) is 5.69 Å². The molecule has 11 aromatic rings. The van der Waals surface area contributed by atoms with E-state index in [9.17, 15) is 0 Å². The van der Waals surface area contributed by atoms with Crippen molar-refractivity contribution in [1.29, 1.82) is 0 Å². The minimum atomic E-state index is 0.914. The minimum Gasteiger partial charge on any atom is -0.248 e. The van der Waals surface area contributed by atoms with Crippen LogP contribution in [0, 0.1) is 0 Å². The van der Waals surface area contributed by atoms with Crippen LogP contribution < -0.4 is 0 Å². The smallest absolute Gasteiger partial charge is 0.101 e. The molecular weight excluding hydrogens is 739 g/mol. The third-order valence-electron chi connectivity index (χ3n) is 11.6. The topological polar surface area (TPSA) is 30.2 Å². The first-order valence-electron chi connectivity index (χ1n) is 20.7. The molecule has 0 saturated carbocycles. The lowest BCUT2D eigenvalue weighted by molar-refractivity contribution is 0.979. The zero-order valence-corrected chi connectivity index (χ0v) is 33.4. The maximum absolute atomic E-state index is 5.47. The van der Waals surface area contributed by atoms with Crippen LogP contribution in [-0.2, 0) is 0 Å². The molecule has 61 heavy (non-hydrogen) atoms. The van der Waals surface area contributed by atoms with Gasteiger partial charge in [-0.1, -0.05) is 194 Å². The molecule has 3 heteroatoms. The summed E-state index contributed by atoms with van der Waals surface area (Å²) in [6.45, 7) is 0. The fraction of sp³-hybridized carbons (Fsp3) is 0. The predicted octanol–water partition coefficient (Wildman–Crippen LogP) is 15.2. The van der Waals surface area contributed by atoms with Crippen LogP contribution >= 0.6 is 0 Å². The zero-order chi connectivity index (χ0) is 40.5. The number of hydrogen-bond acceptors (Lipinski definition) is 2.